The molecule has 1 amide bonds. The Labute approximate surface area is 128 Å². The molecule has 1 heterocycles. The first-order valence-corrected chi connectivity index (χ1v) is 7.72. The van der Waals surface area contributed by atoms with Crippen molar-refractivity contribution in [3.8, 4) is 0 Å². The maximum absolute atomic E-state index is 12.0. The van der Waals surface area contributed by atoms with Gasteiger partial charge in [-0.05, 0) is 24.1 Å². The SMILES string of the molecule is COC(=O)c1cc(Br)ccc1N1CC(CBr)CC1=O. The monoisotopic (exact) mass is 389 g/mol. The predicted molar refractivity (Wildman–Crippen MR) is 79.7 cm³/mol. The van der Waals surface area contributed by atoms with Gasteiger partial charge in [0.05, 0.1) is 18.4 Å². The van der Waals surface area contributed by atoms with Crippen LogP contribution in [-0.4, -0.2) is 30.9 Å². The van der Waals surface area contributed by atoms with E-state index in [2.05, 4.69) is 31.9 Å². The lowest BCUT2D eigenvalue weighted by Crippen LogP contribution is -2.26. The lowest BCUT2D eigenvalue weighted by molar-refractivity contribution is -0.117. The van der Waals surface area contributed by atoms with Gasteiger partial charge in [0.25, 0.3) is 0 Å². The number of amides is 1. The highest BCUT2D eigenvalue weighted by Crippen LogP contribution is 2.31. The molecular formula is C13H13Br2NO3. The van der Waals surface area contributed by atoms with Crippen molar-refractivity contribution in [2.24, 2.45) is 5.92 Å². The molecule has 0 radical (unpaired) electrons. The van der Waals surface area contributed by atoms with E-state index in [0.717, 1.165) is 9.80 Å². The zero-order chi connectivity index (χ0) is 14.0. The van der Waals surface area contributed by atoms with Crippen LogP contribution in [0.2, 0.25) is 0 Å². The highest BCUT2D eigenvalue weighted by atomic mass is 79.9. The second-order valence-corrected chi connectivity index (χ2v) is 5.95. The molecule has 4 nitrogen and oxygen atoms in total. The van der Waals surface area contributed by atoms with E-state index >= 15 is 0 Å². The minimum absolute atomic E-state index is 0.0388. The Hall–Kier alpha value is -0.880. The van der Waals surface area contributed by atoms with Crippen molar-refractivity contribution in [3.05, 3.63) is 28.2 Å². The Morgan fingerprint density at radius 2 is 2.26 bits per heavy atom. The van der Waals surface area contributed by atoms with Crippen molar-refractivity contribution in [2.45, 2.75) is 6.42 Å². The molecule has 1 atom stereocenters. The largest absolute Gasteiger partial charge is 0.465 e. The Balaban J connectivity index is 2.39. The highest BCUT2D eigenvalue weighted by Gasteiger charge is 2.32. The summed E-state index contributed by atoms with van der Waals surface area (Å²) in [5.41, 5.74) is 1.02. The molecule has 1 aromatic carbocycles. The molecule has 1 unspecified atom stereocenters. The Kier molecular flexibility index (Phi) is 4.62. The van der Waals surface area contributed by atoms with Crippen LogP contribution in [0, 0.1) is 5.92 Å². The van der Waals surface area contributed by atoms with E-state index in [-0.39, 0.29) is 11.8 Å². The summed E-state index contributed by atoms with van der Waals surface area (Å²) in [6.45, 7) is 0.621. The van der Waals surface area contributed by atoms with Crippen LogP contribution in [0.4, 0.5) is 5.69 Å². The van der Waals surface area contributed by atoms with Crippen molar-refractivity contribution in [3.63, 3.8) is 0 Å². The quantitative estimate of drug-likeness (QED) is 0.588. The van der Waals surface area contributed by atoms with Crippen LogP contribution in [0.15, 0.2) is 22.7 Å². The summed E-state index contributed by atoms with van der Waals surface area (Å²) in [4.78, 5) is 25.5. The molecular weight excluding hydrogens is 378 g/mol. The molecule has 1 saturated heterocycles. The molecule has 0 aliphatic carbocycles. The van der Waals surface area contributed by atoms with Crippen LogP contribution in [0.3, 0.4) is 0 Å². The molecule has 0 bridgehead atoms. The molecule has 0 saturated carbocycles. The number of anilines is 1. The van der Waals surface area contributed by atoms with Gasteiger partial charge in [-0.2, -0.15) is 0 Å². The van der Waals surface area contributed by atoms with Gasteiger partial charge in [0, 0.05) is 22.8 Å². The molecule has 1 aromatic rings. The molecule has 0 N–H and O–H groups in total. The first-order valence-electron chi connectivity index (χ1n) is 5.81. The van der Waals surface area contributed by atoms with Gasteiger partial charge in [-0.1, -0.05) is 31.9 Å². The number of alkyl halides is 1. The van der Waals surface area contributed by atoms with Crippen LogP contribution in [0.1, 0.15) is 16.8 Å². The summed E-state index contributed by atoms with van der Waals surface area (Å²) in [7, 11) is 1.33. The summed E-state index contributed by atoms with van der Waals surface area (Å²) in [6, 6.07) is 5.26. The number of nitrogens with zero attached hydrogens (tertiary/aromatic N) is 1. The second kappa shape index (κ2) is 6.05. The number of hydrogen-bond acceptors (Lipinski definition) is 3. The first kappa shape index (κ1) is 14.5. The van der Waals surface area contributed by atoms with E-state index in [1.807, 2.05) is 6.07 Å². The maximum Gasteiger partial charge on any atom is 0.340 e. The highest BCUT2D eigenvalue weighted by molar-refractivity contribution is 9.10. The third-order valence-corrected chi connectivity index (χ3v) is 4.49. The number of esters is 1. The molecule has 1 aliphatic rings. The van der Waals surface area contributed by atoms with E-state index in [1.165, 1.54) is 7.11 Å². The van der Waals surface area contributed by atoms with Gasteiger partial charge in [-0.15, -0.1) is 0 Å². The third kappa shape index (κ3) is 3.00. The van der Waals surface area contributed by atoms with Crippen LogP contribution >= 0.6 is 31.9 Å². The molecule has 2 rings (SSSR count). The van der Waals surface area contributed by atoms with Crippen molar-refractivity contribution in [2.75, 3.05) is 23.9 Å². The minimum Gasteiger partial charge on any atom is -0.465 e. The van der Waals surface area contributed by atoms with Gasteiger partial charge in [0.15, 0.2) is 0 Å². The topological polar surface area (TPSA) is 46.6 Å². The summed E-state index contributed by atoms with van der Waals surface area (Å²) in [6.07, 6.45) is 0.502. The van der Waals surface area contributed by atoms with E-state index in [9.17, 15) is 9.59 Å². The lowest BCUT2D eigenvalue weighted by atomic mass is 10.1. The number of rotatable bonds is 3. The Bertz CT molecular complexity index is 519. The standard InChI is InChI=1S/C13H13Br2NO3/c1-19-13(18)10-5-9(15)2-3-11(10)16-7-8(6-14)4-12(16)17/h2-3,5,8H,4,6-7H2,1H3. The molecule has 1 aliphatic heterocycles. The van der Waals surface area contributed by atoms with E-state index in [0.29, 0.717) is 24.2 Å². The average Bonchev–Trinajstić information content (AvgIpc) is 2.79. The van der Waals surface area contributed by atoms with Crippen molar-refractivity contribution < 1.29 is 14.3 Å². The normalized spacial score (nSPS) is 18.8. The lowest BCUT2D eigenvalue weighted by Gasteiger charge is -2.19. The van der Waals surface area contributed by atoms with E-state index in [4.69, 9.17) is 4.74 Å². The van der Waals surface area contributed by atoms with Crippen molar-refractivity contribution in [1.29, 1.82) is 0 Å². The zero-order valence-corrected chi connectivity index (χ0v) is 13.5. The van der Waals surface area contributed by atoms with Gasteiger partial charge in [-0.3, -0.25) is 4.79 Å². The zero-order valence-electron chi connectivity index (χ0n) is 10.4. The van der Waals surface area contributed by atoms with Gasteiger partial charge >= 0.3 is 5.97 Å². The number of methoxy groups -OCH3 is 1. The Morgan fingerprint density at radius 1 is 1.53 bits per heavy atom. The molecule has 102 valence electrons. The van der Waals surface area contributed by atoms with Crippen LogP contribution in [-0.2, 0) is 9.53 Å². The van der Waals surface area contributed by atoms with Gasteiger partial charge < -0.3 is 9.64 Å². The Morgan fingerprint density at radius 3 is 2.84 bits per heavy atom. The number of hydrogen-bond donors (Lipinski definition) is 0. The summed E-state index contributed by atoms with van der Waals surface area (Å²) >= 11 is 6.72. The predicted octanol–water partition coefficient (Wildman–Crippen LogP) is 2.98. The smallest absolute Gasteiger partial charge is 0.340 e. The first-order chi connectivity index (χ1) is 9.06. The fourth-order valence-corrected chi connectivity index (χ4v) is 2.93. The van der Waals surface area contributed by atoms with Gasteiger partial charge in [0.1, 0.15) is 0 Å². The molecule has 19 heavy (non-hydrogen) atoms. The van der Waals surface area contributed by atoms with E-state index in [1.54, 1.807) is 17.0 Å². The van der Waals surface area contributed by atoms with Gasteiger partial charge in [-0.25, -0.2) is 4.79 Å². The maximum atomic E-state index is 12.0. The third-order valence-electron chi connectivity index (χ3n) is 3.08. The van der Waals surface area contributed by atoms with Crippen molar-refractivity contribution in [1.82, 2.24) is 0 Å². The second-order valence-electron chi connectivity index (χ2n) is 4.38. The molecule has 0 spiro atoms. The van der Waals surface area contributed by atoms with E-state index < -0.39 is 5.97 Å². The summed E-state index contributed by atoms with van der Waals surface area (Å²) in [5.74, 6) is -0.120. The number of carbonyl (C=O) groups excluding carboxylic acids is 2. The average molecular weight is 391 g/mol. The number of ether oxygens (including phenoxy) is 1. The fourth-order valence-electron chi connectivity index (χ4n) is 2.13. The molecule has 6 heteroatoms. The molecule has 0 aromatic heterocycles. The van der Waals surface area contributed by atoms with Crippen LogP contribution in [0.25, 0.3) is 0 Å². The molecule has 1 fully saturated rings. The number of benzene rings is 1. The van der Waals surface area contributed by atoms with Crippen LogP contribution < -0.4 is 4.90 Å². The van der Waals surface area contributed by atoms with Crippen molar-refractivity contribution >= 4 is 49.4 Å². The summed E-state index contributed by atoms with van der Waals surface area (Å²) in [5, 5.41) is 0.777. The minimum atomic E-state index is -0.439. The van der Waals surface area contributed by atoms with Gasteiger partial charge in [0.2, 0.25) is 5.91 Å². The number of halogens is 2. The van der Waals surface area contributed by atoms with Crippen LogP contribution in [0.5, 0.6) is 0 Å². The summed E-state index contributed by atoms with van der Waals surface area (Å²) < 4.78 is 5.55. The fraction of sp³-hybridized carbons (Fsp3) is 0.385. The number of carbonyl (C=O) groups is 2.